The number of rotatable bonds is 2. The molecule has 144 valence electrons. The van der Waals surface area contributed by atoms with Gasteiger partial charge in [0, 0.05) is 6.07 Å². The zero-order valence-corrected chi connectivity index (χ0v) is 16.2. The smallest absolute Gasteiger partial charge is 0.255 e. The van der Waals surface area contributed by atoms with Gasteiger partial charge in [0.1, 0.15) is 21.8 Å². The van der Waals surface area contributed by atoms with E-state index in [4.69, 9.17) is 37.1 Å². The molecule has 0 aromatic carbocycles. The minimum absolute atomic E-state index is 0.225. The lowest BCUT2D eigenvalue weighted by Gasteiger charge is -1.96. The van der Waals surface area contributed by atoms with E-state index >= 15 is 0 Å². The van der Waals surface area contributed by atoms with E-state index in [-0.39, 0.29) is 11.7 Å². The number of nitrogens with zero attached hydrogens (tertiary/aromatic N) is 3. The molecular formula is C18H14Cl2N4O4. The van der Waals surface area contributed by atoms with Crippen molar-refractivity contribution in [1.29, 1.82) is 0 Å². The number of nitrogens with one attached hydrogen (secondary N) is 1. The molecule has 0 aliphatic rings. The van der Waals surface area contributed by atoms with Crippen molar-refractivity contribution < 1.29 is 13.9 Å². The molecule has 4 aromatic heterocycles. The number of hydrogen-bond acceptors (Lipinski definition) is 7. The van der Waals surface area contributed by atoms with Crippen molar-refractivity contribution in [2.75, 3.05) is 0 Å². The Kier molecular flexibility index (Phi) is 5.81. The molecule has 0 amide bonds. The van der Waals surface area contributed by atoms with Gasteiger partial charge in [0.2, 0.25) is 5.88 Å². The van der Waals surface area contributed by atoms with Crippen LogP contribution in [-0.2, 0) is 0 Å². The van der Waals surface area contributed by atoms with Crippen molar-refractivity contribution in [3.63, 3.8) is 0 Å². The molecule has 2 N–H and O–H groups in total. The zero-order valence-electron chi connectivity index (χ0n) is 14.7. The molecule has 4 rings (SSSR count). The Hall–Kier alpha value is -3.10. The van der Waals surface area contributed by atoms with E-state index in [0.717, 1.165) is 11.8 Å². The summed E-state index contributed by atoms with van der Waals surface area (Å²) < 4.78 is 10.6. The SMILES string of the molecule is Cc1ccc(-c2nc(Cl)cc(Cl)n2)o1.Cc1ccc(-c2nc(O)cc(=O)[nH]2)o1. The molecule has 0 saturated heterocycles. The van der Waals surface area contributed by atoms with Crippen LogP contribution in [-0.4, -0.2) is 25.0 Å². The predicted molar refractivity (Wildman–Crippen MR) is 103 cm³/mol. The molecule has 4 heterocycles. The summed E-state index contributed by atoms with van der Waals surface area (Å²) in [5, 5.41) is 9.69. The van der Waals surface area contributed by atoms with Crippen molar-refractivity contribution >= 4 is 23.2 Å². The van der Waals surface area contributed by atoms with Gasteiger partial charge in [0.15, 0.2) is 23.2 Å². The Morgan fingerprint density at radius 2 is 1.46 bits per heavy atom. The van der Waals surface area contributed by atoms with E-state index in [1.54, 1.807) is 25.1 Å². The lowest BCUT2D eigenvalue weighted by atomic mass is 10.4. The molecule has 0 aliphatic heterocycles. The van der Waals surface area contributed by atoms with Crippen molar-refractivity contribution in [3.8, 4) is 29.0 Å². The number of halogens is 2. The Labute approximate surface area is 168 Å². The van der Waals surface area contributed by atoms with Gasteiger partial charge in [0.05, 0.1) is 6.07 Å². The van der Waals surface area contributed by atoms with E-state index in [1.165, 1.54) is 6.07 Å². The maximum absolute atomic E-state index is 11.0. The van der Waals surface area contributed by atoms with Crippen LogP contribution >= 0.6 is 23.2 Å². The summed E-state index contributed by atoms with van der Waals surface area (Å²) in [5.74, 6) is 2.80. The first-order valence-corrected chi connectivity index (χ1v) is 8.70. The minimum Gasteiger partial charge on any atom is -0.493 e. The minimum atomic E-state index is -0.415. The molecule has 0 aliphatic carbocycles. The first-order valence-electron chi connectivity index (χ1n) is 7.94. The van der Waals surface area contributed by atoms with E-state index in [2.05, 4.69) is 19.9 Å². The summed E-state index contributed by atoms with van der Waals surface area (Å²) >= 11 is 11.5. The fourth-order valence-corrected chi connectivity index (χ4v) is 2.60. The quantitative estimate of drug-likeness (QED) is 0.461. The first kappa shape index (κ1) is 19.7. The van der Waals surface area contributed by atoms with Crippen molar-refractivity contribution in [2.45, 2.75) is 13.8 Å². The summed E-state index contributed by atoms with van der Waals surface area (Å²) in [6, 6.07) is 9.50. The Balaban J connectivity index is 0.000000161. The number of aromatic amines is 1. The van der Waals surface area contributed by atoms with Crippen LogP contribution in [0.15, 0.2) is 50.0 Å². The fourth-order valence-electron chi connectivity index (χ4n) is 2.18. The lowest BCUT2D eigenvalue weighted by Crippen LogP contribution is -2.06. The summed E-state index contributed by atoms with van der Waals surface area (Å²) in [6.07, 6.45) is 0. The van der Waals surface area contributed by atoms with E-state index < -0.39 is 5.56 Å². The lowest BCUT2D eigenvalue weighted by molar-refractivity contribution is 0.450. The largest absolute Gasteiger partial charge is 0.493 e. The molecule has 10 heteroatoms. The topological polar surface area (TPSA) is 118 Å². The maximum Gasteiger partial charge on any atom is 0.255 e. The standard InChI is InChI=1S/C9H6Cl2N2O.C9H8N2O3/c1-5-2-3-6(14-5)9-12-7(10)4-8(11)13-9;1-5-2-3-6(14-5)9-10-7(12)4-8(13)11-9/h2-4H,1H3;2-4H,1H3,(H2,10,11,12,13). The Morgan fingerprint density at radius 1 is 0.893 bits per heavy atom. The van der Waals surface area contributed by atoms with Gasteiger partial charge in [-0.15, -0.1) is 0 Å². The third-order valence-electron chi connectivity index (χ3n) is 3.33. The van der Waals surface area contributed by atoms with Gasteiger partial charge in [-0.05, 0) is 38.1 Å². The molecule has 0 atom stereocenters. The molecular weight excluding hydrogens is 407 g/mol. The highest BCUT2D eigenvalue weighted by Gasteiger charge is 2.08. The number of hydrogen-bond donors (Lipinski definition) is 2. The highest BCUT2D eigenvalue weighted by molar-refractivity contribution is 6.33. The molecule has 0 spiro atoms. The van der Waals surface area contributed by atoms with Gasteiger partial charge < -0.3 is 18.9 Å². The molecule has 0 fully saturated rings. The summed E-state index contributed by atoms with van der Waals surface area (Å²) in [4.78, 5) is 25.2. The van der Waals surface area contributed by atoms with E-state index in [9.17, 15) is 4.79 Å². The normalized spacial score (nSPS) is 10.4. The van der Waals surface area contributed by atoms with Gasteiger partial charge in [-0.1, -0.05) is 23.2 Å². The monoisotopic (exact) mass is 420 g/mol. The van der Waals surface area contributed by atoms with Crippen molar-refractivity contribution in [1.82, 2.24) is 19.9 Å². The molecule has 8 nitrogen and oxygen atoms in total. The molecule has 4 aromatic rings. The van der Waals surface area contributed by atoms with E-state index in [1.807, 2.05) is 13.0 Å². The van der Waals surface area contributed by atoms with Gasteiger partial charge >= 0.3 is 0 Å². The average molecular weight is 421 g/mol. The van der Waals surface area contributed by atoms with Gasteiger partial charge in [0.25, 0.3) is 5.56 Å². The van der Waals surface area contributed by atoms with Crippen LogP contribution in [0.25, 0.3) is 23.2 Å². The van der Waals surface area contributed by atoms with Crippen LogP contribution in [0.3, 0.4) is 0 Å². The van der Waals surface area contributed by atoms with E-state index in [0.29, 0.717) is 33.4 Å². The summed E-state index contributed by atoms with van der Waals surface area (Å²) in [5.41, 5.74) is -0.415. The number of aromatic nitrogens is 4. The molecule has 0 saturated carbocycles. The third kappa shape index (κ3) is 4.99. The molecule has 0 radical (unpaired) electrons. The summed E-state index contributed by atoms with van der Waals surface area (Å²) in [6.45, 7) is 3.63. The number of aromatic hydroxyl groups is 1. The number of furan rings is 2. The van der Waals surface area contributed by atoms with Gasteiger partial charge in [-0.2, -0.15) is 4.98 Å². The number of H-pyrrole nitrogens is 1. The van der Waals surface area contributed by atoms with Gasteiger partial charge in [-0.3, -0.25) is 4.79 Å². The second-order valence-electron chi connectivity index (χ2n) is 5.61. The Morgan fingerprint density at radius 3 is 1.96 bits per heavy atom. The van der Waals surface area contributed by atoms with Crippen molar-refractivity contribution in [3.05, 3.63) is 68.6 Å². The first-order chi connectivity index (χ1) is 13.3. The molecule has 28 heavy (non-hydrogen) atoms. The molecule has 0 unspecified atom stereocenters. The second-order valence-corrected chi connectivity index (χ2v) is 6.38. The zero-order chi connectivity index (χ0) is 20.3. The van der Waals surface area contributed by atoms with Crippen LogP contribution in [0.4, 0.5) is 0 Å². The second kappa shape index (κ2) is 8.28. The maximum atomic E-state index is 11.0. The van der Waals surface area contributed by atoms with Crippen LogP contribution in [0.1, 0.15) is 11.5 Å². The van der Waals surface area contributed by atoms with Crippen molar-refractivity contribution in [2.24, 2.45) is 0 Å². The average Bonchev–Trinajstić information content (AvgIpc) is 3.22. The third-order valence-corrected chi connectivity index (χ3v) is 3.71. The van der Waals surface area contributed by atoms with Crippen LogP contribution < -0.4 is 5.56 Å². The van der Waals surface area contributed by atoms with Gasteiger partial charge in [-0.25, -0.2) is 9.97 Å². The van der Waals surface area contributed by atoms with Crippen LogP contribution in [0.2, 0.25) is 10.3 Å². The fraction of sp³-hybridized carbons (Fsp3) is 0.111. The van der Waals surface area contributed by atoms with Crippen LogP contribution in [0.5, 0.6) is 5.88 Å². The van der Waals surface area contributed by atoms with Crippen LogP contribution in [0, 0.1) is 13.8 Å². The highest BCUT2D eigenvalue weighted by Crippen LogP contribution is 2.22. The highest BCUT2D eigenvalue weighted by atomic mass is 35.5. The summed E-state index contributed by atoms with van der Waals surface area (Å²) in [7, 11) is 0. The predicted octanol–water partition coefficient (Wildman–Crippen LogP) is 4.40. The number of aryl methyl sites for hydroxylation is 2. The Bertz CT molecular complexity index is 1150. The molecule has 0 bridgehead atoms.